The number of amides is 1. The lowest BCUT2D eigenvalue weighted by Gasteiger charge is -2.28. The van der Waals surface area contributed by atoms with E-state index in [-0.39, 0.29) is 10.9 Å². The molecular formula is C12H18N4O3S. The van der Waals surface area contributed by atoms with E-state index in [2.05, 4.69) is 10.2 Å². The molecule has 2 heterocycles. The summed E-state index contributed by atoms with van der Waals surface area (Å²) in [5.41, 5.74) is 0. The smallest absolute Gasteiger partial charge is 0.324 e. The highest BCUT2D eigenvalue weighted by Crippen LogP contribution is 2.24. The summed E-state index contributed by atoms with van der Waals surface area (Å²) in [7, 11) is 1.73. The minimum absolute atomic E-state index is 0.00357. The van der Waals surface area contributed by atoms with Crippen LogP contribution in [0.4, 0.5) is 5.00 Å². The molecule has 0 radical (unpaired) electrons. The molecule has 1 fully saturated rings. The molecule has 20 heavy (non-hydrogen) atoms. The normalized spacial score (nSPS) is 16.1. The molecule has 0 saturated carbocycles. The predicted octanol–water partition coefficient (Wildman–Crippen LogP) is 0.633. The zero-order valence-corrected chi connectivity index (χ0v) is 12.2. The lowest BCUT2D eigenvalue weighted by molar-refractivity contribution is -0.380. The Kier molecular flexibility index (Phi) is 5.05. The topological polar surface area (TPSA) is 78.7 Å². The van der Waals surface area contributed by atoms with Gasteiger partial charge in [0, 0.05) is 52.4 Å². The van der Waals surface area contributed by atoms with Gasteiger partial charge in [0.25, 0.3) is 5.91 Å². The molecule has 0 atom stereocenters. The van der Waals surface area contributed by atoms with Crippen molar-refractivity contribution in [3.8, 4) is 0 Å². The second-order valence-corrected chi connectivity index (χ2v) is 5.78. The van der Waals surface area contributed by atoms with Crippen molar-refractivity contribution in [2.24, 2.45) is 0 Å². The van der Waals surface area contributed by atoms with Crippen LogP contribution in [-0.2, 0) is 0 Å². The molecule has 0 aromatic carbocycles. The molecule has 1 amide bonds. The van der Waals surface area contributed by atoms with E-state index in [1.165, 1.54) is 12.1 Å². The van der Waals surface area contributed by atoms with Gasteiger partial charge in [-0.1, -0.05) is 11.3 Å². The van der Waals surface area contributed by atoms with Gasteiger partial charge in [-0.05, 0) is 6.07 Å². The van der Waals surface area contributed by atoms with Crippen molar-refractivity contribution in [2.45, 2.75) is 0 Å². The van der Waals surface area contributed by atoms with E-state index in [0.717, 1.165) is 44.1 Å². The molecule has 1 aromatic rings. The summed E-state index contributed by atoms with van der Waals surface area (Å²) in [4.78, 5) is 26.6. The number of hydrogen-bond donors (Lipinski definition) is 1. The Balaban J connectivity index is 1.85. The van der Waals surface area contributed by atoms with E-state index in [0.29, 0.717) is 11.4 Å². The van der Waals surface area contributed by atoms with Crippen molar-refractivity contribution in [2.75, 3.05) is 46.3 Å². The maximum absolute atomic E-state index is 12.1. The third kappa shape index (κ3) is 3.75. The molecule has 1 saturated heterocycles. The van der Waals surface area contributed by atoms with E-state index in [4.69, 9.17) is 0 Å². The van der Waals surface area contributed by atoms with Crippen molar-refractivity contribution in [3.05, 3.63) is 27.1 Å². The fraction of sp³-hybridized carbons (Fsp3) is 0.583. The summed E-state index contributed by atoms with van der Waals surface area (Å²) in [6, 6.07) is 2.90. The van der Waals surface area contributed by atoms with E-state index < -0.39 is 4.92 Å². The van der Waals surface area contributed by atoms with Gasteiger partial charge in [0.1, 0.15) is 0 Å². The number of rotatable bonds is 5. The molecule has 2 rings (SSSR count). The van der Waals surface area contributed by atoms with Gasteiger partial charge >= 0.3 is 5.00 Å². The molecule has 0 bridgehead atoms. The molecule has 7 nitrogen and oxygen atoms in total. The third-order valence-corrected chi connectivity index (χ3v) is 4.32. The fourth-order valence-corrected chi connectivity index (χ4v) is 2.87. The number of likely N-dealkylation sites (N-methyl/N-ethyl adjacent to an activating group) is 1. The maximum atomic E-state index is 12.1. The number of nitrogens with zero attached hydrogens (tertiary/aromatic N) is 3. The number of nitrogens with one attached hydrogen (secondary N) is 1. The van der Waals surface area contributed by atoms with Gasteiger partial charge in [0.05, 0.1) is 9.80 Å². The predicted molar refractivity (Wildman–Crippen MR) is 77.2 cm³/mol. The number of nitro groups is 1. The van der Waals surface area contributed by atoms with Crippen molar-refractivity contribution < 1.29 is 9.72 Å². The van der Waals surface area contributed by atoms with E-state index in [1.54, 1.807) is 11.9 Å². The highest BCUT2D eigenvalue weighted by molar-refractivity contribution is 7.17. The van der Waals surface area contributed by atoms with Crippen LogP contribution in [0.15, 0.2) is 12.1 Å². The first-order valence-electron chi connectivity index (χ1n) is 6.50. The van der Waals surface area contributed by atoms with Crippen molar-refractivity contribution in [3.63, 3.8) is 0 Å². The molecule has 0 unspecified atom stereocenters. The average Bonchev–Trinajstić information content (AvgIpc) is 2.95. The zero-order valence-electron chi connectivity index (χ0n) is 11.4. The first-order chi connectivity index (χ1) is 9.58. The van der Waals surface area contributed by atoms with Crippen LogP contribution in [0.2, 0.25) is 0 Å². The largest absolute Gasteiger partial charge is 0.340 e. The Morgan fingerprint density at radius 1 is 1.50 bits per heavy atom. The summed E-state index contributed by atoms with van der Waals surface area (Å²) in [6.45, 7) is 5.41. The fourth-order valence-electron chi connectivity index (χ4n) is 2.06. The molecular weight excluding hydrogens is 280 g/mol. The van der Waals surface area contributed by atoms with Gasteiger partial charge in [-0.3, -0.25) is 19.8 Å². The van der Waals surface area contributed by atoms with Gasteiger partial charge < -0.3 is 10.2 Å². The van der Waals surface area contributed by atoms with Crippen LogP contribution < -0.4 is 5.32 Å². The van der Waals surface area contributed by atoms with E-state index in [1.807, 2.05) is 0 Å². The number of hydrogen-bond acceptors (Lipinski definition) is 6. The van der Waals surface area contributed by atoms with Crippen molar-refractivity contribution in [1.29, 1.82) is 0 Å². The second-order valence-electron chi connectivity index (χ2n) is 4.71. The lowest BCUT2D eigenvalue weighted by atomic mass is 10.3. The van der Waals surface area contributed by atoms with Crippen molar-refractivity contribution in [1.82, 2.24) is 15.1 Å². The summed E-state index contributed by atoms with van der Waals surface area (Å²) in [5.74, 6) is -0.154. The first-order valence-corrected chi connectivity index (χ1v) is 7.32. The second kappa shape index (κ2) is 6.78. The Hall–Kier alpha value is -1.51. The number of carbonyl (C=O) groups is 1. The quantitative estimate of drug-likeness (QED) is 0.637. The third-order valence-electron chi connectivity index (χ3n) is 3.29. The standard InChI is InChI=1S/C12H18N4O3S/c1-14(8-9-15-6-4-13-5-7-15)12(17)10-2-3-11(20-10)16(18)19/h2-3,13H,4-9H2,1H3. The Bertz CT molecular complexity index is 485. The molecule has 1 N–H and O–H groups in total. The highest BCUT2D eigenvalue weighted by atomic mass is 32.1. The van der Waals surface area contributed by atoms with Gasteiger partial charge in [-0.2, -0.15) is 0 Å². The van der Waals surface area contributed by atoms with Crippen LogP contribution in [-0.4, -0.2) is 66.9 Å². The van der Waals surface area contributed by atoms with E-state index >= 15 is 0 Å². The van der Waals surface area contributed by atoms with Crippen LogP contribution in [0.3, 0.4) is 0 Å². The molecule has 110 valence electrons. The molecule has 1 aliphatic rings. The average molecular weight is 298 g/mol. The molecule has 0 aliphatic carbocycles. The molecule has 1 aromatic heterocycles. The lowest BCUT2D eigenvalue weighted by Crippen LogP contribution is -2.46. The molecule has 1 aliphatic heterocycles. The number of piperazine rings is 1. The minimum atomic E-state index is -0.470. The van der Waals surface area contributed by atoms with Gasteiger partial charge in [-0.15, -0.1) is 0 Å². The molecule has 0 spiro atoms. The SMILES string of the molecule is CN(CCN1CCNCC1)C(=O)c1ccc([N+](=O)[O-])s1. The van der Waals surface area contributed by atoms with Crippen LogP contribution >= 0.6 is 11.3 Å². The monoisotopic (exact) mass is 298 g/mol. The van der Waals surface area contributed by atoms with Gasteiger partial charge in [0.15, 0.2) is 0 Å². The molecule has 8 heteroatoms. The van der Waals surface area contributed by atoms with E-state index in [9.17, 15) is 14.9 Å². The Labute approximate surface area is 121 Å². The summed E-state index contributed by atoms with van der Waals surface area (Å²) >= 11 is 0.925. The van der Waals surface area contributed by atoms with Gasteiger partial charge in [-0.25, -0.2) is 0 Å². The summed E-state index contributed by atoms with van der Waals surface area (Å²) < 4.78 is 0. The van der Waals surface area contributed by atoms with Crippen LogP contribution in [0, 0.1) is 10.1 Å². The Morgan fingerprint density at radius 2 is 2.20 bits per heavy atom. The Morgan fingerprint density at radius 3 is 2.80 bits per heavy atom. The number of carbonyl (C=O) groups excluding carboxylic acids is 1. The maximum Gasteiger partial charge on any atom is 0.324 e. The summed E-state index contributed by atoms with van der Waals surface area (Å²) in [6.07, 6.45) is 0. The zero-order chi connectivity index (χ0) is 14.5. The van der Waals surface area contributed by atoms with Crippen molar-refractivity contribution >= 4 is 22.2 Å². The van der Waals surface area contributed by atoms with Crippen LogP contribution in [0.1, 0.15) is 9.67 Å². The van der Waals surface area contributed by atoms with Gasteiger partial charge in [0.2, 0.25) is 0 Å². The van der Waals surface area contributed by atoms with Crippen LogP contribution in [0.25, 0.3) is 0 Å². The number of thiophene rings is 1. The first kappa shape index (κ1) is 14.9. The summed E-state index contributed by atoms with van der Waals surface area (Å²) in [5, 5.41) is 13.9. The highest BCUT2D eigenvalue weighted by Gasteiger charge is 2.19. The minimum Gasteiger partial charge on any atom is -0.340 e. The van der Waals surface area contributed by atoms with Crippen LogP contribution in [0.5, 0.6) is 0 Å².